The monoisotopic (exact) mass is 195 g/mol. The Labute approximate surface area is 84.7 Å². The highest BCUT2D eigenvalue weighted by Gasteiger charge is 2.06. The van der Waals surface area contributed by atoms with Crippen LogP contribution in [0.5, 0.6) is 0 Å². The molecule has 1 aromatic carbocycles. The van der Waals surface area contributed by atoms with Crippen molar-refractivity contribution in [2.45, 2.75) is 38.0 Å². The number of hydrogen-bond acceptors (Lipinski definition) is 2. The zero-order valence-electron chi connectivity index (χ0n) is 8.72. The Kier molecular flexibility index (Phi) is 3.40. The van der Waals surface area contributed by atoms with Gasteiger partial charge in [0.05, 0.1) is 5.37 Å². The van der Waals surface area contributed by atoms with Crippen molar-refractivity contribution in [2.75, 3.05) is 0 Å². The molecule has 1 nitrogen and oxygen atoms in total. The van der Waals surface area contributed by atoms with E-state index in [1.54, 1.807) is 11.8 Å². The fourth-order valence-electron chi connectivity index (χ4n) is 1.54. The molecule has 0 saturated carbocycles. The third-order valence-electron chi connectivity index (χ3n) is 1.91. The summed E-state index contributed by atoms with van der Waals surface area (Å²) in [6, 6.07) is 4.41. The molecule has 13 heavy (non-hydrogen) atoms. The minimum absolute atomic E-state index is 0.167. The van der Waals surface area contributed by atoms with Gasteiger partial charge in [0, 0.05) is 4.90 Å². The van der Waals surface area contributed by atoms with Crippen LogP contribution in [0.2, 0.25) is 0 Å². The first-order valence-corrected chi connectivity index (χ1v) is 5.38. The second-order valence-electron chi connectivity index (χ2n) is 3.55. The van der Waals surface area contributed by atoms with Crippen LogP contribution in [0, 0.1) is 20.8 Å². The van der Waals surface area contributed by atoms with E-state index >= 15 is 0 Å². The summed E-state index contributed by atoms with van der Waals surface area (Å²) in [5, 5.41) is 0.167. The summed E-state index contributed by atoms with van der Waals surface area (Å²) >= 11 is 1.74. The lowest BCUT2D eigenvalue weighted by atomic mass is 10.1. The van der Waals surface area contributed by atoms with Crippen molar-refractivity contribution in [3.63, 3.8) is 0 Å². The van der Waals surface area contributed by atoms with Crippen molar-refractivity contribution >= 4 is 11.8 Å². The van der Waals surface area contributed by atoms with Gasteiger partial charge in [-0.25, -0.2) is 0 Å². The first-order chi connectivity index (χ1) is 6.00. The van der Waals surface area contributed by atoms with E-state index in [4.69, 9.17) is 5.73 Å². The highest BCUT2D eigenvalue weighted by Crippen LogP contribution is 2.28. The molecule has 0 aromatic heterocycles. The molecule has 0 fully saturated rings. The van der Waals surface area contributed by atoms with Crippen LogP contribution in [0.1, 0.15) is 23.6 Å². The molecule has 0 aliphatic carbocycles. The van der Waals surface area contributed by atoms with Crippen LogP contribution in [0.3, 0.4) is 0 Å². The Morgan fingerprint density at radius 1 is 1.15 bits per heavy atom. The van der Waals surface area contributed by atoms with Gasteiger partial charge in [-0.2, -0.15) is 0 Å². The summed E-state index contributed by atoms with van der Waals surface area (Å²) in [7, 11) is 0. The van der Waals surface area contributed by atoms with Crippen molar-refractivity contribution in [3.8, 4) is 0 Å². The third kappa shape index (κ3) is 2.75. The zero-order chi connectivity index (χ0) is 10.0. The predicted octanol–water partition coefficient (Wildman–Crippen LogP) is 3.01. The van der Waals surface area contributed by atoms with Crippen LogP contribution < -0.4 is 5.73 Å². The Balaban J connectivity index is 3.06. The fraction of sp³-hybridized carbons (Fsp3) is 0.455. The van der Waals surface area contributed by atoms with E-state index in [0.717, 1.165) is 0 Å². The summed E-state index contributed by atoms with van der Waals surface area (Å²) in [5.74, 6) is 0. The largest absolute Gasteiger partial charge is 0.319 e. The van der Waals surface area contributed by atoms with Gasteiger partial charge in [-0.15, -0.1) is 11.8 Å². The maximum Gasteiger partial charge on any atom is 0.0526 e. The normalized spacial score (nSPS) is 13.0. The molecule has 0 spiro atoms. The Morgan fingerprint density at radius 3 is 2.00 bits per heavy atom. The number of benzene rings is 1. The summed E-state index contributed by atoms with van der Waals surface area (Å²) in [6.45, 7) is 8.43. The number of nitrogens with two attached hydrogens (primary N) is 1. The summed E-state index contributed by atoms with van der Waals surface area (Å²) < 4.78 is 0. The topological polar surface area (TPSA) is 26.0 Å². The zero-order valence-corrected chi connectivity index (χ0v) is 9.53. The summed E-state index contributed by atoms with van der Waals surface area (Å²) in [5.41, 5.74) is 9.75. The molecule has 72 valence electrons. The molecule has 1 unspecified atom stereocenters. The fourth-order valence-corrected chi connectivity index (χ4v) is 2.40. The Bertz CT molecular complexity index is 282. The molecule has 0 radical (unpaired) electrons. The van der Waals surface area contributed by atoms with Gasteiger partial charge in [-0.1, -0.05) is 17.7 Å². The quantitative estimate of drug-likeness (QED) is 0.580. The molecular formula is C11H17NS. The van der Waals surface area contributed by atoms with E-state index in [-0.39, 0.29) is 5.37 Å². The van der Waals surface area contributed by atoms with Crippen LogP contribution in [0.25, 0.3) is 0 Å². The molecule has 0 amide bonds. The molecule has 1 aromatic rings. The van der Waals surface area contributed by atoms with Crippen LogP contribution in [-0.4, -0.2) is 5.37 Å². The Morgan fingerprint density at radius 2 is 1.62 bits per heavy atom. The van der Waals surface area contributed by atoms with Gasteiger partial charge in [0.15, 0.2) is 0 Å². The van der Waals surface area contributed by atoms with E-state index in [1.807, 2.05) is 6.92 Å². The minimum atomic E-state index is 0.167. The Hall–Kier alpha value is -0.470. The molecular weight excluding hydrogens is 178 g/mol. The van der Waals surface area contributed by atoms with Gasteiger partial charge in [-0.3, -0.25) is 0 Å². The number of thioether (sulfide) groups is 1. The van der Waals surface area contributed by atoms with Gasteiger partial charge < -0.3 is 5.73 Å². The lowest BCUT2D eigenvalue weighted by Gasteiger charge is -2.12. The average Bonchev–Trinajstić information content (AvgIpc) is 1.96. The second-order valence-corrected chi connectivity index (χ2v) is 4.94. The van der Waals surface area contributed by atoms with E-state index in [1.165, 1.54) is 21.6 Å². The van der Waals surface area contributed by atoms with Gasteiger partial charge in [-0.05, 0) is 38.8 Å². The first kappa shape index (κ1) is 10.6. The van der Waals surface area contributed by atoms with E-state index < -0.39 is 0 Å². The third-order valence-corrected chi connectivity index (χ3v) is 3.16. The molecule has 2 N–H and O–H groups in total. The lowest BCUT2D eigenvalue weighted by Crippen LogP contribution is -2.09. The molecule has 0 saturated heterocycles. The number of rotatable bonds is 2. The first-order valence-electron chi connectivity index (χ1n) is 4.51. The van der Waals surface area contributed by atoms with Gasteiger partial charge in [0.25, 0.3) is 0 Å². The number of aryl methyl sites for hydroxylation is 3. The van der Waals surface area contributed by atoms with E-state index in [0.29, 0.717) is 0 Å². The van der Waals surface area contributed by atoms with Crippen LogP contribution in [0.4, 0.5) is 0 Å². The molecule has 0 bridgehead atoms. The minimum Gasteiger partial charge on any atom is -0.319 e. The van der Waals surface area contributed by atoms with Gasteiger partial charge >= 0.3 is 0 Å². The van der Waals surface area contributed by atoms with Crippen molar-refractivity contribution < 1.29 is 0 Å². The van der Waals surface area contributed by atoms with E-state index in [2.05, 4.69) is 32.9 Å². The van der Waals surface area contributed by atoms with E-state index in [9.17, 15) is 0 Å². The summed E-state index contributed by atoms with van der Waals surface area (Å²) in [6.07, 6.45) is 0. The molecule has 1 atom stereocenters. The highest BCUT2D eigenvalue weighted by molar-refractivity contribution is 8.00. The predicted molar refractivity (Wildman–Crippen MR) is 60.2 cm³/mol. The maximum absolute atomic E-state index is 5.76. The lowest BCUT2D eigenvalue weighted by molar-refractivity contribution is 1.04. The molecule has 0 heterocycles. The maximum atomic E-state index is 5.76. The average molecular weight is 195 g/mol. The van der Waals surface area contributed by atoms with Gasteiger partial charge in [0.2, 0.25) is 0 Å². The van der Waals surface area contributed by atoms with Crippen molar-refractivity contribution in [1.82, 2.24) is 0 Å². The highest BCUT2D eigenvalue weighted by atomic mass is 32.2. The van der Waals surface area contributed by atoms with Crippen LogP contribution in [-0.2, 0) is 0 Å². The molecule has 2 heteroatoms. The number of hydrogen-bond donors (Lipinski definition) is 1. The van der Waals surface area contributed by atoms with Crippen LogP contribution >= 0.6 is 11.8 Å². The van der Waals surface area contributed by atoms with Crippen molar-refractivity contribution in [1.29, 1.82) is 0 Å². The summed E-state index contributed by atoms with van der Waals surface area (Å²) in [4.78, 5) is 1.33. The second kappa shape index (κ2) is 4.16. The van der Waals surface area contributed by atoms with Crippen molar-refractivity contribution in [3.05, 3.63) is 28.8 Å². The van der Waals surface area contributed by atoms with Crippen LogP contribution in [0.15, 0.2) is 17.0 Å². The smallest absolute Gasteiger partial charge is 0.0526 e. The molecule has 1 rings (SSSR count). The molecule has 0 aliphatic rings. The van der Waals surface area contributed by atoms with Gasteiger partial charge in [0.1, 0.15) is 0 Å². The SMILES string of the molecule is Cc1cc(C)c(SC(C)N)c(C)c1. The van der Waals surface area contributed by atoms with Crippen molar-refractivity contribution in [2.24, 2.45) is 5.73 Å². The molecule has 0 aliphatic heterocycles. The standard InChI is InChI=1S/C11H17NS/c1-7-5-8(2)11(9(3)6-7)13-10(4)12/h5-6,10H,12H2,1-4H3.